The van der Waals surface area contributed by atoms with Crippen LogP contribution in [0.1, 0.15) is 23.6 Å². The molecule has 0 amide bonds. The molecule has 0 radical (unpaired) electrons. The summed E-state index contributed by atoms with van der Waals surface area (Å²) in [5, 5.41) is 1.36. The van der Waals surface area contributed by atoms with Gasteiger partial charge in [-0.25, -0.2) is 4.57 Å². The van der Waals surface area contributed by atoms with Crippen LogP contribution in [-0.4, -0.2) is 6.85 Å². The molecule has 4 rings (SSSR count). The quantitative estimate of drug-likeness (QED) is 0.451. The smallest absolute Gasteiger partial charge is 0.287 e. The van der Waals surface area contributed by atoms with Crippen molar-refractivity contribution in [2.45, 2.75) is 27.6 Å². The first-order chi connectivity index (χ1) is 12.0. The SMILES string of the molecule is CB1C(C)=Cc2ccccc2N1c1cc(C)c2c(C)cccc2[n+]1C. The Kier molecular flexibility index (Phi) is 3.68. The number of aromatic nitrogens is 1. The molecular formula is C22H24BN2+. The number of nitrogens with zero attached hydrogens (tertiary/aromatic N) is 2. The third-order valence-corrected chi connectivity index (χ3v) is 5.57. The van der Waals surface area contributed by atoms with Crippen LogP contribution in [0, 0.1) is 13.8 Å². The largest absolute Gasteiger partial charge is 0.405 e. The van der Waals surface area contributed by atoms with E-state index in [-0.39, 0.29) is 0 Å². The number of anilines is 2. The van der Waals surface area contributed by atoms with Gasteiger partial charge in [-0.2, -0.15) is 0 Å². The van der Waals surface area contributed by atoms with Gasteiger partial charge in [0.1, 0.15) is 11.2 Å². The minimum Gasteiger partial charge on any atom is -0.287 e. The van der Waals surface area contributed by atoms with Gasteiger partial charge < -0.3 is 0 Å². The van der Waals surface area contributed by atoms with Gasteiger partial charge in [0.15, 0.2) is 0 Å². The van der Waals surface area contributed by atoms with Gasteiger partial charge >= 0.3 is 6.85 Å². The maximum Gasteiger partial charge on any atom is 0.405 e. The summed E-state index contributed by atoms with van der Waals surface area (Å²) in [7, 11) is 2.18. The van der Waals surface area contributed by atoms with Gasteiger partial charge in [0, 0.05) is 17.0 Å². The van der Waals surface area contributed by atoms with Gasteiger partial charge in [-0.1, -0.05) is 41.9 Å². The van der Waals surface area contributed by atoms with Crippen LogP contribution in [0.5, 0.6) is 0 Å². The van der Waals surface area contributed by atoms with Crippen molar-refractivity contribution in [1.29, 1.82) is 0 Å². The van der Waals surface area contributed by atoms with Crippen molar-refractivity contribution in [2.24, 2.45) is 7.05 Å². The first-order valence-corrected chi connectivity index (χ1v) is 8.94. The maximum atomic E-state index is 2.47. The zero-order chi connectivity index (χ0) is 17.7. The molecular weight excluding hydrogens is 303 g/mol. The highest BCUT2D eigenvalue weighted by molar-refractivity contribution is 6.72. The normalized spacial score (nSPS) is 13.9. The summed E-state index contributed by atoms with van der Waals surface area (Å²) in [6.07, 6.45) is 2.31. The van der Waals surface area contributed by atoms with Crippen LogP contribution in [0.15, 0.2) is 54.0 Å². The molecule has 3 aromatic rings. The molecule has 2 heterocycles. The van der Waals surface area contributed by atoms with E-state index in [4.69, 9.17) is 0 Å². The molecule has 0 fully saturated rings. The second-order valence-corrected chi connectivity index (χ2v) is 7.21. The van der Waals surface area contributed by atoms with Crippen LogP contribution < -0.4 is 9.38 Å². The van der Waals surface area contributed by atoms with Crippen molar-refractivity contribution in [3.8, 4) is 0 Å². The Morgan fingerprint density at radius 2 is 1.68 bits per heavy atom. The molecule has 1 aromatic heterocycles. The molecule has 124 valence electrons. The van der Waals surface area contributed by atoms with Gasteiger partial charge in [-0.3, -0.25) is 4.81 Å². The van der Waals surface area contributed by atoms with Crippen molar-refractivity contribution in [1.82, 2.24) is 0 Å². The molecule has 0 saturated heterocycles. The fraction of sp³-hybridized carbons (Fsp3) is 0.227. The number of hydrogen-bond donors (Lipinski definition) is 0. The van der Waals surface area contributed by atoms with Crippen molar-refractivity contribution in [2.75, 3.05) is 4.81 Å². The molecule has 1 aliphatic rings. The van der Waals surface area contributed by atoms with Gasteiger partial charge in [-0.15, -0.1) is 0 Å². The molecule has 25 heavy (non-hydrogen) atoms. The third-order valence-electron chi connectivity index (χ3n) is 5.57. The highest BCUT2D eigenvalue weighted by atomic mass is 15.2. The fourth-order valence-electron chi connectivity index (χ4n) is 4.09. The molecule has 3 heteroatoms. The predicted octanol–water partition coefficient (Wildman–Crippen LogP) is 5.00. The summed E-state index contributed by atoms with van der Waals surface area (Å²) in [6, 6.07) is 17.6. The highest BCUT2D eigenvalue weighted by Crippen LogP contribution is 2.36. The van der Waals surface area contributed by atoms with Crippen LogP contribution in [0.4, 0.5) is 11.5 Å². The van der Waals surface area contributed by atoms with Crippen molar-refractivity contribution < 1.29 is 4.57 Å². The molecule has 0 saturated carbocycles. The van der Waals surface area contributed by atoms with E-state index in [1.807, 2.05) is 0 Å². The van der Waals surface area contributed by atoms with Crippen LogP contribution >= 0.6 is 0 Å². The van der Waals surface area contributed by atoms with Crippen LogP contribution in [0.2, 0.25) is 6.82 Å². The van der Waals surface area contributed by atoms with E-state index in [1.54, 1.807) is 0 Å². The molecule has 0 unspecified atom stereocenters. The molecule has 0 spiro atoms. The second-order valence-electron chi connectivity index (χ2n) is 7.21. The molecule has 2 aromatic carbocycles. The average Bonchev–Trinajstić information content (AvgIpc) is 2.59. The third kappa shape index (κ3) is 2.38. The topological polar surface area (TPSA) is 7.12 Å². The van der Waals surface area contributed by atoms with Crippen molar-refractivity contribution in [3.63, 3.8) is 0 Å². The number of benzene rings is 2. The van der Waals surface area contributed by atoms with E-state index >= 15 is 0 Å². The lowest BCUT2D eigenvalue weighted by Crippen LogP contribution is -2.45. The summed E-state index contributed by atoms with van der Waals surface area (Å²) in [5.41, 5.74) is 7.91. The Labute approximate surface area is 150 Å². The Bertz CT molecular complexity index is 1020. The van der Waals surface area contributed by atoms with E-state index in [0.29, 0.717) is 6.85 Å². The lowest BCUT2D eigenvalue weighted by molar-refractivity contribution is -0.631. The first-order valence-electron chi connectivity index (χ1n) is 8.94. The summed E-state index contributed by atoms with van der Waals surface area (Å²) in [6.45, 7) is 9.27. The van der Waals surface area contributed by atoms with E-state index in [0.717, 1.165) is 0 Å². The fourth-order valence-corrected chi connectivity index (χ4v) is 4.09. The molecule has 2 nitrogen and oxygen atoms in total. The van der Waals surface area contributed by atoms with Gasteiger partial charge in [0.25, 0.3) is 5.82 Å². The predicted molar refractivity (Wildman–Crippen MR) is 108 cm³/mol. The Morgan fingerprint density at radius 1 is 0.920 bits per heavy atom. The minimum atomic E-state index is 0.336. The summed E-state index contributed by atoms with van der Waals surface area (Å²) in [5.74, 6) is 1.24. The zero-order valence-corrected chi connectivity index (χ0v) is 15.7. The molecule has 0 N–H and O–H groups in total. The van der Waals surface area contributed by atoms with Crippen LogP contribution in [-0.2, 0) is 7.05 Å². The summed E-state index contributed by atoms with van der Waals surface area (Å²) >= 11 is 0. The molecule has 0 bridgehead atoms. The number of para-hydroxylation sites is 1. The number of pyridine rings is 1. The Balaban J connectivity index is 2.02. The number of rotatable bonds is 1. The molecule has 0 atom stereocenters. The zero-order valence-electron chi connectivity index (χ0n) is 15.7. The van der Waals surface area contributed by atoms with E-state index in [9.17, 15) is 0 Å². The number of hydrogen-bond acceptors (Lipinski definition) is 1. The van der Waals surface area contributed by atoms with Crippen LogP contribution in [0.3, 0.4) is 0 Å². The Hall–Kier alpha value is -2.55. The van der Waals surface area contributed by atoms with E-state index in [1.165, 1.54) is 44.6 Å². The number of aryl methyl sites for hydroxylation is 3. The van der Waals surface area contributed by atoms with Gasteiger partial charge in [0.2, 0.25) is 0 Å². The molecule has 1 aliphatic heterocycles. The summed E-state index contributed by atoms with van der Waals surface area (Å²) < 4.78 is 2.33. The highest BCUT2D eigenvalue weighted by Gasteiger charge is 2.37. The van der Waals surface area contributed by atoms with Crippen molar-refractivity contribution in [3.05, 3.63) is 70.7 Å². The van der Waals surface area contributed by atoms with Gasteiger partial charge in [-0.05, 0) is 50.9 Å². The first kappa shape index (κ1) is 16.0. The standard InChI is InChI=1S/C22H24BN2/c1-15-9-8-12-20-22(15)16(2)13-21(24(20)5)25-19-11-7-6-10-18(19)14-17(3)23(25)4/h6-14H,1-5H3/q+1. The van der Waals surface area contributed by atoms with E-state index < -0.39 is 0 Å². The van der Waals surface area contributed by atoms with E-state index in [2.05, 4.69) is 98.6 Å². The van der Waals surface area contributed by atoms with Crippen molar-refractivity contribution >= 4 is 35.3 Å². The lowest BCUT2D eigenvalue weighted by Gasteiger charge is -2.29. The maximum absolute atomic E-state index is 2.47. The average molecular weight is 327 g/mol. The lowest BCUT2D eigenvalue weighted by atomic mass is 9.54. The summed E-state index contributed by atoms with van der Waals surface area (Å²) in [4.78, 5) is 2.47. The second kappa shape index (κ2) is 5.77. The Morgan fingerprint density at radius 3 is 2.48 bits per heavy atom. The number of fused-ring (bicyclic) bond motifs is 2. The molecule has 0 aliphatic carbocycles. The van der Waals surface area contributed by atoms with Crippen LogP contribution in [0.25, 0.3) is 17.0 Å². The minimum absolute atomic E-state index is 0.336. The van der Waals surface area contributed by atoms with Gasteiger partial charge in [0.05, 0.1) is 7.05 Å². The monoisotopic (exact) mass is 327 g/mol. The number of allylic oxidation sites excluding steroid dienone is 1.